The van der Waals surface area contributed by atoms with Gasteiger partial charge in [0.2, 0.25) is 12.2 Å². The molecule has 11 heteroatoms. The van der Waals surface area contributed by atoms with Gasteiger partial charge >= 0.3 is 23.9 Å². The first-order valence-electron chi connectivity index (χ1n) is 10.7. The molecule has 1 amide bonds. The molecule has 1 saturated heterocycles. The van der Waals surface area contributed by atoms with Gasteiger partial charge in [0.25, 0.3) is 0 Å². The lowest BCUT2D eigenvalue weighted by Crippen LogP contribution is -2.67. The van der Waals surface area contributed by atoms with Crippen molar-refractivity contribution < 1.29 is 47.7 Å². The minimum absolute atomic E-state index is 0.236. The third-order valence-electron chi connectivity index (χ3n) is 5.26. The molecule has 0 bridgehead atoms. The summed E-state index contributed by atoms with van der Waals surface area (Å²) in [6, 6.07) is -1.14. The minimum Gasteiger partial charge on any atom is -0.463 e. The lowest BCUT2D eigenvalue weighted by Gasteiger charge is -2.44. The van der Waals surface area contributed by atoms with E-state index in [0.717, 1.165) is 46.5 Å². The van der Waals surface area contributed by atoms with Crippen molar-refractivity contribution in [3.05, 3.63) is 0 Å². The molecule has 0 aromatic carbocycles. The third kappa shape index (κ3) is 7.77. The fraction of sp³-hybridized carbons (Fsp3) is 0.762. The van der Waals surface area contributed by atoms with E-state index >= 15 is 0 Å². The number of ether oxygens (including phenoxy) is 5. The van der Waals surface area contributed by atoms with Crippen molar-refractivity contribution in [3.8, 4) is 0 Å². The topological polar surface area (TPSA) is 144 Å². The molecule has 1 N–H and O–H groups in total. The van der Waals surface area contributed by atoms with Gasteiger partial charge in [-0.3, -0.25) is 24.0 Å². The first-order chi connectivity index (χ1) is 15.1. The quantitative estimate of drug-likeness (QED) is 0.410. The predicted molar refractivity (Wildman–Crippen MR) is 107 cm³/mol. The van der Waals surface area contributed by atoms with Crippen LogP contribution in [-0.2, 0) is 47.7 Å². The van der Waals surface area contributed by atoms with Crippen LogP contribution in [-0.4, -0.2) is 67.0 Å². The molecule has 0 spiro atoms. The molecule has 1 aliphatic heterocycles. The average molecular weight is 457 g/mol. The minimum atomic E-state index is -1.36. The highest BCUT2D eigenvalue weighted by Crippen LogP contribution is 2.30. The lowest BCUT2D eigenvalue weighted by molar-refractivity contribution is -0.271. The van der Waals surface area contributed by atoms with Crippen molar-refractivity contribution in [1.82, 2.24) is 5.32 Å². The molecule has 5 atom stereocenters. The zero-order chi connectivity index (χ0) is 23.8. The Morgan fingerprint density at radius 2 is 1.38 bits per heavy atom. The Balaban J connectivity index is 2.32. The molecule has 1 heterocycles. The van der Waals surface area contributed by atoms with E-state index in [1.165, 1.54) is 6.92 Å². The summed E-state index contributed by atoms with van der Waals surface area (Å²) < 4.78 is 26.7. The summed E-state index contributed by atoms with van der Waals surface area (Å²) >= 11 is 0. The summed E-state index contributed by atoms with van der Waals surface area (Å²) in [4.78, 5) is 59.3. The van der Waals surface area contributed by atoms with E-state index in [9.17, 15) is 24.0 Å². The van der Waals surface area contributed by atoms with Crippen molar-refractivity contribution in [2.24, 2.45) is 5.92 Å². The van der Waals surface area contributed by atoms with Crippen LogP contribution >= 0.6 is 0 Å². The maximum atomic E-state index is 12.7. The highest BCUT2D eigenvalue weighted by Gasteiger charge is 2.52. The van der Waals surface area contributed by atoms with E-state index in [0.29, 0.717) is 0 Å². The van der Waals surface area contributed by atoms with Crippen LogP contribution < -0.4 is 5.32 Å². The van der Waals surface area contributed by atoms with Crippen molar-refractivity contribution in [1.29, 1.82) is 0 Å². The molecule has 2 aliphatic rings. The average Bonchev–Trinajstić information content (AvgIpc) is 3.16. The monoisotopic (exact) mass is 457 g/mol. The Bertz CT molecular complexity index is 717. The van der Waals surface area contributed by atoms with E-state index in [4.69, 9.17) is 23.7 Å². The number of carbonyl (C=O) groups excluding carboxylic acids is 5. The van der Waals surface area contributed by atoms with E-state index < -0.39 is 54.5 Å². The van der Waals surface area contributed by atoms with E-state index in [1.54, 1.807) is 0 Å². The number of hydrogen-bond donors (Lipinski definition) is 1. The van der Waals surface area contributed by atoms with Gasteiger partial charge in [0, 0.05) is 34.1 Å². The van der Waals surface area contributed by atoms with Crippen LogP contribution in [0.1, 0.15) is 59.8 Å². The zero-order valence-corrected chi connectivity index (χ0v) is 18.8. The second-order valence-corrected chi connectivity index (χ2v) is 8.05. The Morgan fingerprint density at radius 1 is 0.812 bits per heavy atom. The van der Waals surface area contributed by atoms with E-state index in [-0.39, 0.29) is 24.9 Å². The number of hydrogen-bond acceptors (Lipinski definition) is 10. The van der Waals surface area contributed by atoms with Gasteiger partial charge in [-0.15, -0.1) is 0 Å². The second-order valence-electron chi connectivity index (χ2n) is 8.05. The molecule has 11 nitrogen and oxygen atoms in total. The van der Waals surface area contributed by atoms with Crippen LogP contribution in [0, 0.1) is 5.92 Å². The third-order valence-corrected chi connectivity index (χ3v) is 5.26. The summed E-state index contributed by atoms with van der Waals surface area (Å²) in [6.45, 7) is 4.29. The Hall–Kier alpha value is -2.69. The van der Waals surface area contributed by atoms with Crippen LogP contribution in [0.3, 0.4) is 0 Å². The summed E-state index contributed by atoms with van der Waals surface area (Å²) in [6.07, 6.45) is -0.693. The van der Waals surface area contributed by atoms with E-state index in [1.807, 2.05) is 0 Å². The van der Waals surface area contributed by atoms with Gasteiger partial charge in [-0.25, -0.2) is 0 Å². The lowest BCUT2D eigenvalue weighted by atomic mass is 9.95. The summed E-state index contributed by atoms with van der Waals surface area (Å²) in [5, 5.41) is 2.73. The second kappa shape index (κ2) is 11.8. The Labute approximate surface area is 186 Å². The number of rotatable bonds is 8. The molecule has 0 radical (unpaired) electrons. The molecule has 1 unspecified atom stereocenters. The summed E-state index contributed by atoms with van der Waals surface area (Å²) in [7, 11) is 0. The molecule has 0 aromatic rings. The smallest absolute Gasteiger partial charge is 0.305 e. The van der Waals surface area contributed by atoms with Crippen molar-refractivity contribution in [2.75, 3.05) is 6.61 Å². The fourth-order valence-electron chi connectivity index (χ4n) is 4.04. The standard InChI is InChI=1S/C21H31NO10/c1-11(23)28-10-16-19(29-12(2)24)20(30-13(3)25)18(21(32-16)31-14(4)26)22-17(27)9-15-7-5-6-8-15/h15-16,18-21H,5-10H2,1-4H3,(H,22,27)/t16-,18-,19+,20-,21?/m1/s1. The van der Waals surface area contributed by atoms with Crippen LogP contribution in [0.2, 0.25) is 0 Å². The normalized spacial score (nSPS) is 27.8. The van der Waals surface area contributed by atoms with Crippen molar-refractivity contribution in [3.63, 3.8) is 0 Å². The highest BCUT2D eigenvalue weighted by atomic mass is 16.7. The largest absolute Gasteiger partial charge is 0.463 e. The predicted octanol–water partition coefficient (Wildman–Crippen LogP) is 0.766. The van der Waals surface area contributed by atoms with Gasteiger partial charge in [0.15, 0.2) is 12.2 Å². The molecular weight excluding hydrogens is 426 g/mol. The number of carbonyl (C=O) groups is 5. The maximum Gasteiger partial charge on any atom is 0.305 e. The maximum absolute atomic E-state index is 12.7. The molecule has 0 aromatic heterocycles. The van der Waals surface area contributed by atoms with Crippen LogP contribution in [0.4, 0.5) is 0 Å². The number of nitrogens with one attached hydrogen (secondary N) is 1. The van der Waals surface area contributed by atoms with Crippen molar-refractivity contribution >= 4 is 29.8 Å². The van der Waals surface area contributed by atoms with Gasteiger partial charge in [0.05, 0.1) is 0 Å². The fourth-order valence-corrected chi connectivity index (χ4v) is 4.04. The van der Waals surface area contributed by atoms with Crippen LogP contribution in [0.25, 0.3) is 0 Å². The summed E-state index contributed by atoms with van der Waals surface area (Å²) in [5.41, 5.74) is 0. The highest BCUT2D eigenvalue weighted by molar-refractivity contribution is 5.77. The summed E-state index contributed by atoms with van der Waals surface area (Å²) in [5.74, 6) is -2.83. The number of esters is 4. The molecule has 1 aliphatic carbocycles. The Kier molecular flexibility index (Phi) is 9.42. The number of amides is 1. The molecular formula is C21H31NO10. The van der Waals surface area contributed by atoms with Crippen LogP contribution in [0.15, 0.2) is 0 Å². The van der Waals surface area contributed by atoms with E-state index in [2.05, 4.69) is 5.32 Å². The van der Waals surface area contributed by atoms with Gasteiger partial charge in [-0.05, 0) is 18.8 Å². The zero-order valence-electron chi connectivity index (χ0n) is 18.8. The molecule has 2 fully saturated rings. The molecule has 1 saturated carbocycles. The molecule has 2 rings (SSSR count). The molecule has 32 heavy (non-hydrogen) atoms. The first-order valence-corrected chi connectivity index (χ1v) is 10.7. The Morgan fingerprint density at radius 3 is 1.91 bits per heavy atom. The SMILES string of the molecule is CC(=O)OC[C@H]1OC(OC(C)=O)[C@H](NC(=O)CC2CCCC2)[C@@H](OC(C)=O)[C@H]1OC(C)=O. The van der Waals surface area contributed by atoms with Gasteiger partial charge < -0.3 is 29.0 Å². The van der Waals surface area contributed by atoms with Crippen LogP contribution in [0.5, 0.6) is 0 Å². The van der Waals surface area contributed by atoms with Gasteiger partial charge in [-0.1, -0.05) is 12.8 Å². The first kappa shape index (κ1) is 25.6. The van der Waals surface area contributed by atoms with Gasteiger partial charge in [-0.2, -0.15) is 0 Å². The van der Waals surface area contributed by atoms with Crippen molar-refractivity contribution in [2.45, 2.75) is 90.4 Å². The van der Waals surface area contributed by atoms with Gasteiger partial charge in [0.1, 0.15) is 18.8 Å². The molecule has 180 valence electrons.